The fraction of sp³-hybridized carbons (Fsp3) is 0.455. The second kappa shape index (κ2) is 4.93. The first-order valence-electron chi connectivity index (χ1n) is 5.68. The van der Waals surface area contributed by atoms with Gasteiger partial charge in [-0.2, -0.15) is 0 Å². The zero-order chi connectivity index (χ0) is 13.2. The highest BCUT2D eigenvalue weighted by Crippen LogP contribution is 2.20. The first kappa shape index (κ1) is 12.8. The van der Waals surface area contributed by atoms with Gasteiger partial charge < -0.3 is 10.6 Å². The van der Waals surface area contributed by atoms with Gasteiger partial charge in [0.1, 0.15) is 0 Å². The highest BCUT2D eigenvalue weighted by molar-refractivity contribution is 7.92. The summed E-state index contributed by atoms with van der Waals surface area (Å²) in [6, 6.07) is 2.61. The second-order valence-corrected chi connectivity index (χ2v) is 6.78. The summed E-state index contributed by atoms with van der Waals surface area (Å²) >= 11 is 0. The fourth-order valence-corrected chi connectivity index (χ4v) is 3.58. The van der Waals surface area contributed by atoms with Gasteiger partial charge in [-0.15, -0.1) is 0 Å². The zero-order valence-electron chi connectivity index (χ0n) is 9.96. The van der Waals surface area contributed by atoms with Crippen LogP contribution in [-0.4, -0.2) is 36.5 Å². The molecule has 0 radical (unpaired) electrons. The van der Waals surface area contributed by atoms with Crippen LogP contribution in [0.4, 0.5) is 10.5 Å². The zero-order valence-corrected chi connectivity index (χ0v) is 10.8. The number of aromatic nitrogens is 1. The van der Waals surface area contributed by atoms with Crippen molar-refractivity contribution in [3.63, 3.8) is 0 Å². The number of carbonyl (C=O) groups is 1. The van der Waals surface area contributed by atoms with Crippen LogP contribution in [0, 0.1) is 0 Å². The van der Waals surface area contributed by atoms with Crippen LogP contribution < -0.4 is 10.6 Å². The number of rotatable bonds is 2. The molecule has 2 heterocycles. The molecule has 1 aromatic heterocycles. The van der Waals surface area contributed by atoms with Gasteiger partial charge in [0.05, 0.1) is 11.0 Å². The average Bonchev–Trinajstić information content (AvgIpc) is 2.57. The van der Waals surface area contributed by atoms with Crippen LogP contribution in [-0.2, 0) is 9.84 Å². The molecule has 0 aliphatic carbocycles. The Morgan fingerprint density at radius 1 is 1.39 bits per heavy atom. The summed E-state index contributed by atoms with van der Waals surface area (Å²) in [6.07, 6.45) is 3.60. The van der Waals surface area contributed by atoms with E-state index in [2.05, 4.69) is 15.6 Å². The van der Waals surface area contributed by atoms with Crippen molar-refractivity contribution in [2.45, 2.75) is 24.6 Å². The molecule has 1 fully saturated rings. The molecule has 0 unspecified atom stereocenters. The second-order valence-electron chi connectivity index (χ2n) is 4.30. The van der Waals surface area contributed by atoms with E-state index in [0.29, 0.717) is 12.1 Å². The maximum absolute atomic E-state index is 11.7. The summed E-state index contributed by atoms with van der Waals surface area (Å²) < 4.78 is 23.1. The summed E-state index contributed by atoms with van der Waals surface area (Å²) in [5.74, 6) is 0.133. The Morgan fingerprint density at radius 3 is 2.61 bits per heavy atom. The standard InChI is InChI=1S/C11H15N3O3S/c1-8-10(4-7-18(8,16)17)14-11(15)13-9-2-5-12-6-3-9/h2-3,5-6,8,10H,4,7H2,1H3,(H2,12,13,14,15)/t8-,10-/m0/s1. The predicted molar refractivity (Wildman–Crippen MR) is 68.0 cm³/mol. The lowest BCUT2D eigenvalue weighted by Gasteiger charge is -2.16. The summed E-state index contributed by atoms with van der Waals surface area (Å²) in [5.41, 5.74) is 0.621. The Hall–Kier alpha value is -1.63. The van der Waals surface area contributed by atoms with Crippen molar-refractivity contribution >= 4 is 21.6 Å². The predicted octanol–water partition coefficient (Wildman–Crippen LogP) is 0.779. The van der Waals surface area contributed by atoms with E-state index < -0.39 is 21.1 Å². The van der Waals surface area contributed by atoms with Crippen molar-refractivity contribution in [2.75, 3.05) is 11.1 Å². The van der Waals surface area contributed by atoms with Gasteiger partial charge in [0.25, 0.3) is 0 Å². The van der Waals surface area contributed by atoms with E-state index in [-0.39, 0.29) is 11.8 Å². The Balaban J connectivity index is 1.93. The number of nitrogens with zero attached hydrogens (tertiary/aromatic N) is 1. The number of nitrogens with one attached hydrogen (secondary N) is 2. The molecule has 0 saturated carbocycles. The van der Waals surface area contributed by atoms with Crippen molar-refractivity contribution in [3.05, 3.63) is 24.5 Å². The van der Waals surface area contributed by atoms with E-state index in [9.17, 15) is 13.2 Å². The molecule has 2 atom stereocenters. The van der Waals surface area contributed by atoms with Crippen molar-refractivity contribution in [2.24, 2.45) is 0 Å². The van der Waals surface area contributed by atoms with Crippen LogP contribution >= 0.6 is 0 Å². The molecule has 1 saturated heterocycles. The lowest BCUT2D eigenvalue weighted by atomic mass is 10.2. The van der Waals surface area contributed by atoms with Gasteiger partial charge in [-0.3, -0.25) is 4.98 Å². The normalized spacial score (nSPS) is 25.6. The van der Waals surface area contributed by atoms with Gasteiger partial charge in [-0.05, 0) is 25.5 Å². The molecule has 98 valence electrons. The smallest absolute Gasteiger partial charge is 0.319 e. The van der Waals surface area contributed by atoms with Crippen molar-refractivity contribution < 1.29 is 13.2 Å². The number of hydrogen-bond acceptors (Lipinski definition) is 4. The third kappa shape index (κ3) is 2.79. The molecule has 18 heavy (non-hydrogen) atoms. The van der Waals surface area contributed by atoms with Crippen LogP contribution in [0.1, 0.15) is 13.3 Å². The van der Waals surface area contributed by atoms with Crippen LogP contribution in [0.5, 0.6) is 0 Å². The Kier molecular flexibility index (Phi) is 3.51. The Morgan fingerprint density at radius 2 is 2.06 bits per heavy atom. The molecule has 2 rings (SSSR count). The van der Waals surface area contributed by atoms with Crippen LogP contribution in [0.3, 0.4) is 0 Å². The molecule has 1 aliphatic rings. The summed E-state index contributed by atoms with van der Waals surface area (Å²) in [5, 5.41) is 4.79. The van der Waals surface area contributed by atoms with Crippen LogP contribution in [0.2, 0.25) is 0 Å². The number of sulfone groups is 1. The molecule has 1 aliphatic heterocycles. The topological polar surface area (TPSA) is 88.2 Å². The van der Waals surface area contributed by atoms with Gasteiger partial charge in [0.15, 0.2) is 9.84 Å². The van der Waals surface area contributed by atoms with Gasteiger partial charge in [0, 0.05) is 24.1 Å². The minimum absolute atomic E-state index is 0.133. The lowest BCUT2D eigenvalue weighted by Crippen LogP contribution is -2.42. The lowest BCUT2D eigenvalue weighted by molar-refractivity contribution is 0.248. The van der Waals surface area contributed by atoms with Gasteiger partial charge in [-0.1, -0.05) is 0 Å². The number of amides is 2. The van der Waals surface area contributed by atoms with E-state index in [4.69, 9.17) is 0 Å². The van der Waals surface area contributed by atoms with E-state index >= 15 is 0 Å². The number of anilines is 1. The minimum Gasteiger partial charge on any atom is -0.334 e. The van der Waals surface area contributed by atoms with Gasteiger partial charge in [-0.25, -0.2) is 13.2 Å². The third-order valence-electron chi connectivity index (χ3n) is 3.10. The molecule has 1 aromatic rings. The maximum atomic E-state index is 11.7. The Bertz CT molecular complexity index is 530. The number of hydrogen-bond donors (Lipinski definition) is 2. The monoisotopic (exact) mass is 269 g/mol. The maximum Gasteiger partial charge on any atom is 0.319 e. The molecule has 2 N–H and O–H groups in total. The molecule has 2 amide bonds. The third-order valence-corrected chi connectivity index (χ3v) is 5.37. The first-order chi connectivity index (χ1) is 8.49. The van der Waals surface area contributed by atoms with E-state index in [1.165, 1.54) is 0 Å². The molecule has 6 nitrogen and oxygen atoms in total. The molecular formula is C11H15N3O3S. The summed E-state index contributed by atoms with van der Waals surface area (Å²) in [6.45, 7) is 1.62. The molecule has 0 aromatic carbocycles. The summed E-state index contributed by atoms with van der Waals surface area (Å²) in [7, 11) is -3.05. The van der Waals surface area contributed by atoms with Crippen LogP contribution in [0.15, 0.2) is 24.5 Å². The molecular weight excluding hydrogens is 254 g/mol. The molecule has 7 heteroatoms. The fourth-order valence-electron chi connectivity index (χ4n) is 1.92. The first-order valence-corrected chi connectivity index (χ1v) is 7.40. The largest absolute Gasteiger partial charge is 0.334 e. The number of carbonyl (C=O) groups excluding carboxylic acids is 1. The minimum atomic E-state index is -3.05. The summed E-state index contributed by atoms with van der Waals surface area (Å²) in [4.78, 5) is 15.5. The van der Waals surface area contributed by atoms with Crippen molar-refractivity contribution in [3.8, 4) is 0 Å². The van der Waals surface area contributed by atoms with E-state index in [0.717, 1.165) is 0 Å². The van der Waals surface area contributed by atoms with E-state index in [1.54, 1.807) is 31.5 Å². The Labute approximate surface area is 106 Å². The van der Waals surface area contributed by atoms with Crippen molar-refractivity contribution in [1.82, 2.24) is 10.3 Å². The van der Waals surface area contributed by atoms with E-state index in [1.807, 2.05) is 0 Å². The number of pyridine rings is 1. The van der Waals surface area contributed by atoms with Gasteiger partial charge in [0.2, 0.25) is 0 Å². The molecule has 0 bridgehead atoms. The highest BCUT2D eigenvalue weighted by Gasteiger charge is 2.37. The molecule has 0 spiro atoms. The number of urea groups is 1. The highest BCUT2D eigenvalue weighted by atomic mass is 32.2. The SMILES string of the molecule is C[C@H]1[C@@H](NC(=O)Nc2ccncc2)CCS1(=O)=O. The van der Waals surface area contributed by atoms with Crippen LogP contribution in [0.25, 0.3) is 0 Å². The van der Waals surface area contributed by atoms with Gasteiger partial charge >= 0.3 is 6.03 Å². The average molecular weight is 269 g/mol. The van der Waals surface area contributed by atoms with Crippen molar-refractivity contribution in [1.29, 1.82) is 0 Å². The quantitative estimate of drug-likeness (QED) is 0.830.